The zero-order valence-corrected chi connectivity index (χ0v) is 18.4. The number of amides is 1. The summed E-state index contributed by atoms with van der Waals surface area (Å²) in [6.45, 7) is 0.818. The third-order valence-corrected chi connectivity index (χ3v) is 5.60. The van der Waals surface area contributed by atoms with Crippen LogP contribution in [0.2, 0.25) is 0 Å². The van der Waals surface area contributed by atoms with Gasteiger partial charge in [0.15, 0.2) is 0 Å². The Morgan fingerprint density at radius 2 is 1.69 bits per heavy atom. The van der Waals surface area contributed by atoms with Gasteiger partial charge in [-0.2, -0.15) is 0 Å². The third kappa shape index (κ3) is 5.85. The van der Waals surface area contributed by atoms with Crippen molar-refractivity contribution in [3.05, 3.63) is 54.1 Å². The van der Waals surface area contributed by atoms with Gasteiger partial charge in [0.05, 0.1) is 19.6 Å². The molecule has 8 heteroatoms. The van der Waals surface area contributed by atoms with Crippen LogP contribution in [0.25, 0.3) is 11.1 Å². The SMILES string of the molecule is COCC(=O)N1C[C@H](CC(=O)OC)C[C@H]1COc1ccc(-c2ccc(C(=N)N)cc2)cc1. The second-order valence-corrected chi connectivity index (χ2v) is 7.84. The van der Waals surface area contributed by atoms with Gasteiger partial charge in [-0.15, -0.1) is 0 Å². The van der Waals surface area contributed by atoms with Crippen LogP contribution in [0.1, 0.15) is 18.4 Å². The zero-order valence-electron chi connectivity index (χ0n) is 18.4. The van der Waals surface area contributed by atoms with E-state index in [4.69, 9.17) is 25.4 Å². The van der Waals surface area contributed by atoms with Crippen LogP contribution < -0.4 is 10.5 Å². The van der Waals surface area contributed by atoms with Crippen LogP contribution in [-0.2, 0) is 19.1 Å². The van der Waals surface area contributed by atoms with E-state index in [0.717, 1.165) is 11.1 Å². The number of carbonyl (C=O) groups excluding carboxylic acids is 2. The lowest BCUT2D eigenvalue weighted by Gasteiger charge is -2.24. The molecule has 0 saturated carbocycles. The predicted octanol–water partition coefficient (Wildman–Crippen LogP) is 2.44. The number of hydrogen-bond donors (Lipinski definition) is 2. The summed E-state index contributed by atoms with van der Waals surface area (Å²) in [6.07, 6.45) is 0.950. The lowest BCUT2D eigenvalue weighted by atomic mass is 10.0. The Hall–Kier alpha value is -3.39. The smallest absolute Gasteiger partial charge is 0.305 e. The number of benzene rings is 2. The molecule has 1 aliphatic heterocycles. The molecule has 3 rings (SSSR count). The number of nitrogens with zero attached hydrogens (tertiary/aromatic N) is 1. The average molecular weight is 440 g/mol. The molecule has 1 heterocycles. The number of rotatable bonds is 9. The number of carbonyl (C=O) groups is 2. The Morgan fingerprint density at radius 3 is 2.25 bits per heavy atom. The highest BCUT2D eigenvalue weighted by molar-refractivity contribution is 5.95. The summed E-state index contributed by atoms with van der Waals surface area (Å²) in [4.78, 5) is 25.8. The molecule has 0 unspecified atom stereocenters. The Balaban J connectivity index is 1.62. The van der Waals surface area contributed by atoms with Crippen LogP contribution in [0.4, 0.5) is 0 Å². The lowest BCUT2D eigenvalue weighted by molar-refractivity contribution is -0.142. The Bertz CT molecular complexity index is 943. The Morgan fingerprint density at radius 1 is 1.06 bits per heavy atom. The Kier molecular flexibility index (Phi) is 7.83. The van der Waals surface area contributed by atoms with E-state index in [1.54, 1.807) is 4.90 Å². The third-order valence-electron chi connectivity index (χ3n) is 5.60. The van der Waals surface area contributed by atoms with Gasteiger partial charge in [-0.3, -0.25) is 15.0 Å². The highest BCUT2D eigenvalue weighted by atomic mass is 16.5. The Labute approximate surface area is 187 Å². The van der Waals surface area contributed by atoms with E-state index < -0.39 is 0 Å². The highest BCUT2D eigenvalue weighted by Crippen LogP contribution is 2.28. The van der Waals surface area contributed by atoms with Crippen molar-refractivity contribution in [3.8, 4) is 16.9 Å². The maximum absolute atomic E-state index is 12.4. The minimum absolute atomic E-state index is 0.00143. The molecule has 0 bridgehead atoms. The van der Waals surface area contributed by atoms with E-state index in [1.165, 1.54) is 14.2 Å². The van der Waals surface area contributed by atoms with Crippen LogP contribution in [-0.4, -0.2) is 62.6 Å². The molecule has 0 aliphatic carbocycles. The first-order valence-electron chi connectivity index (χ1n) is 10.4. The highest BCUT2D eigenvalue weighted by Gasteiger charge is 2.36. The zero-order chi connectivity index (χ0) is 23.1. The standard InChI is InChI=1S/C24H29N3O5/c1-30-15-22(28)27-13-16(12-23(29)31-2)11-20(27)14-32-21-9-7-18(8-10-21)17-3-5-19(6-4-17)24(25)26/h3-10,16,20H,11-15H2,1-2H3,(H3,25,26)/t16-,20-/m0/s1. The van der Waals surface area contributed by atoms with Crippen LogP contribution in [0.15, 0.2) is 48.5 Å². The van der Waals surface area contributed by atoms with Crippen molar-refractivity contribution in [3.63, 3.8) is 0 Å². The van der Waals surface area contributed by atoms with E-state index in [0.29, 0.717) is 30.9 Å². The summed E-state index contributed by atoms with van der Waals surface area (Å²) >= 11 is 0. The van der Waals surface area contributed by atoms with Crippen molar-refractivity contribution >= 4 is 17.7 Å². The van der Waals surface area contributed by atoms with Gasteiger partial charge in [0.2, 0.25) is 5.91 Å². The van der Waals surface area contributed by atoms with Gasteiger partial charge in [-0.25, -0.2) is 0 Å². The molecular formula is C24H29N3O5. The van der Waals surface area contributed by atoms with Gasteiger partial charge in [0, 0.05) is 19.2 Å². The maximum Gasteiger partial charge on any atom is 0.305 e. The van der Waals surface area contributed by atoms with Gasteiger partial charge < -0.3 is 24.8 Å². The van der Waals surface area contributed by atoms with Crippen LogP contribution in [0, 0.1) is 11.3 Å². The summed E-state index contributed by atoms with van der Waals surface area (Å²) in [5.74, 6) is 0.390. The molecule has 0 spiro atoms. The molecule has 2 aromatic rings. The van der Waals surface area contributed by atoms with Crippen LogP contribution >= 0.6 is 0 Å². The van der Waals surface area contributed by atoms with Crippen molar-refractivity contribution in [2.75, 3.05) is 34.0 Å². The summed E-state index contributed by atoms with van der Waals surface area (Å²) < 4.78 is 15.7. The molecular weight excluding hydrogens is 410 g/mol. The van der Waals surface area contributed by atoms with E-state index in [2.05, 4.69) is 0 Å². The van der Waals surface area contributed by atoms with Crippen molar-refractivity contribution in [2.45, 2.75) is 18.9 Å². The molecule has 170 valence electrons. The van der Waals surface area contributed by atoms with Crippen LogP contribution in [0.5, 0.6) is 5.75 Å². The fourth-order valence-corrected chi connectivity index (χ4v) is 3.93. The van der Waals surface area contributed by atoms with Crippen molar-refractivity contribution in [1.82, 2.24) is 4.90 Å². The average Bonchev–Trinajstić information content (AvgIpc) is 3.20. The number of hydrogen-bond acceptors (Lipinski definition) is 6. The molecule has 2 atom stereocenters. The quantitative estimate of drug-likeness (QED) is 0.352. The van der Waals surface area contributed by atoms with E-state index >= 15 is 0 Å². The second kappa shape index (κ2) is 10.8. The molecule has 3 N–H and O–H groups in total. The molecule has 1 aliphatic rings. The number of esters is 1. The fourth-order valence-electron chi connectivity index (χ4n) is 3.93. The van der Waals surface area contributed by atoms with E-state index in [9.17, 15) is 9.59 Å². The molecule has 2 aromatic carbocycles. The summed E-state index contributed by atoms with van der Waals surface area (Å²) in [6, 6.07) is 15.0. The number of ether oxygens (including phenoxy) is 3. The predicted molar refractivity (Wildman–Crippen MR) is 121 cm³/mol. The van der Waals surface area contributed by atoms with E-state index in [-0.39, 0.29) is 42.7 Å². The van der Waals surface area contributed by atoms with Gasteiger partial charge >= 0.3 is 5.97 Å². The molecule has 1 amide bonds. The van der Waals surface area contributed by atoms with Gasteiger partial charge in [0.1, 0.15) is 24.8 Å². The normalized spacial score (nSPS) is 17.8. The van der Waals surface area contributed by atoms with Gasteiger partial charge in [-0.05, 0) is 35.6 Å². The van der Waals surface area contributed by atoms with Gasteiger partial charge in [-0.1, -0.05) is 36.4 Å². The molecule has 0 radical (unpaired) electrons. The topological polar surface area (TPSA) is 115 Å². The number of likely N-dealkylation sites (tertiary alicyclic amines) is 1. The largest absolute Gasteiger partial charge is 0.491 e. The minimum atomic E-state index is -0.275. The molecule has 1 fully saturated rings. The first-order valence-corrected chi connectivity index (χ1v) is 10.4. The summed E-state index contributed by atoms with van der Waals surface area (Å²) in [5.41, 5.74) is 8.22. The number of nitrogens with two attached hydrogens (primary N) is 1. The number of nitrogen functional groups attached to an aromatic ring is 1. The summed E-state index contributed by atoms with van der Waals surface area (Å²) in [7, 11) is 2.85. The number of methoxy groups -OCH3 is 2. The van der Waals surface area contributed by atoms with Crippen molar-refractivity contribution in [2.24, 2.45) is 11.7 Å². The monoisotopic (exact) mass is 439 g/mol. The maximum atomic E-state index is 12.4. The first-order chi connectivity index (χ1) is 15.4. The van der Waals surface area contributed by atoms with Crippen LogP contribution in [0.3, 0.4) is 0 Å². The molecule has 0 aromatic heterocycles. The van der Waals surface area contributed by atoms with Crippen molar-refractivity contribution in [1.29, 1.82) is 5.41 Å². The first kappa shape index (κ1) is 23.3. The second-order valence-electron chi connectivity index (χ2n) is 7.84. The van der Waals surface area contributed by atoms with Gasteiger partial charge in [0.25, 0.3) is 0 Å². The van der Waals surface area contributed by atoms with E-state index in [1.807, 2.05) is 48.5 Å². The fraction of sp³-hybridized carbons (Fsp3) is 0.375. The van der Waals surface area contributed by atoms with Crippen molar-refractivity contribution < 1.29 is 23.8 Å². The summed E-state index contributed by atoms with van der Waals surface area (Å²) in [5, 5.41) is 7.48. The number of amidine groups is 1. The molecule has 8 nitrogen and oxygen atoms in total. The minimum Gasteiger partial charge on any atom is -0.491 e. The number of nitrogens with one attached hydrogen (secondary N) is 1. The molecule has 1 saturated heterocycles. The molecule has 32 heavy (non-hydrogen) atoms. The lowest BCUT2D eigenvalue weighted by Crippen LogP contribution is -2.41.